The topological polar surface area (TPSA) is 120 Å². The van der Waals surface area contributed by atoms with E-state index in [1.165, 1.54) is 5.01 Å². The van der Waals surface area contributed by atoms with Crippen molar-refractivity contribution in [2.75, 3.05) is 29.4 Å². The summed E-state index contributed by atoms with van der Waals surface area (Å²) in [4.78, 5) is 18.4. The number of nitrogens with zero attached hydrogens (tertiary/aromatic N) is 3. The van der Waals surface area contributed by atoms with E-state index >= 15 is 0 Å². The van der Waals surface area contributed by atoms with Crippen molar-refractivity contribution in [2.24, 2.45) is 10.8 Å². The van der Waals surface area contributed by atoms with Crippen LogP contribution in [-0.4, -0.2) is 54.0 Å². The zero-order chi connectivity index (χ0) is 26.4. The second-order valence-electron chi connectivity index (χ2n) is 8.51. The fourth-order valence-corrected chi connectivity index (χ4v) is 5.68. The Kier molecular flexibility index (Phi) is 9.40. The molecule has 2 aliphatic heterocycles. The summed E-state index contributed by atoms with van der Waals surface area (Å²) in [6.07, 6.45) is 3.87. The highest BCUT2D eigenvalue weighted by Gasteiger charge is 2.22. The molecule has 0 bridgehead atoms. The number of anilines is 1. The molecule has 2 heterocycles. The highest BCUT2D eigenvalue weighted by molar-refractivity contribution is 14.1. The Labute approximate surface area is 239 Å². The highest BCUT2D eigenvalue weighted by Crippen LogP contribution is 2.27. The average Bonchev–Trinajstić information content (AvgIpc) is 3.32. The number of hydrogen-bond acceptors (Lipinski definition) is 7. The van der Waals surface area contributed by atoms with E-state index in [0.29, 0.717) is 41.1 Å². The van der Waals surface area contributed by atoms with Gasteiger partial charge in [-0.2, -0.15) is 0 Å². The van der Waals surface area contributed by atoms with Crippen LogP contribution in [0.1, 0.15) is 24.8 Å². The van der Waals surface area contributed by atoms with Gasteiger partial charge in [0.1, 0.15) is 5.82 Å². The van der Waals surface area contributed by atoms with E-state index in [1.807, 2.05) is 36.4 Å². The summed E-state index contributed by atoms with van der Waals surface area (Å²) in [5.41, 5.74) is 2.37. The maximum atomic E-state index is 12.7. The van der Waals surface area contributed by atoms with E-state index in [9.17, 15) is 13.2 Å². The fourth-order valence-electron chi connectivity index (χ4n) is 3.98. The van der Waals surface area contributed by atoms with Crippen LogP contribution in [0.5, 0.6) is 0 Å². The van der Waals surface area contributed by atoms with Crippen molar-refractivity contribution in [1.82, 2.24) is 14.6 Å². The van der Waals surface area contributed by atoms with Gasteiger partial charge in [0, 0.05) is 52.3 Å². The molecule has 9 nitrogen and oxygen atoms in total. The van der Waals surface area contributed by atoms with Crippen molar-refractivity contribution in [1.29, 1.82) is 0 Å². The number of aliphatic imine (C=N–C) groups is 1. The Morgan fingerprint density at radius 2 is 1.86 bits per heavy atom. The summed E-state index contributed by atoms with van der Waals surface area (Å²) < 4.78 is 29.6. The molecule has 12 heteroatoms. The lowest BCUT2D eigenvalue weighted by Gasteiger charge is -2.28. The van der Waals surface area contributed by atoms with Crippen molar-refractivity contribution in [2.45, 2.75) is 24.2 Å². The Bertz CT molecular complexity index is 1330. The largest absolute Gasteiger partial charge is 0.343 e. The molecule has 4 rings (SSSR count). The molecule has 0 aliphatic carbocycles. The van der Waals surface area contributed by atoms with Gasteiger partial charge in [0.25, 0.3) is 0 Å². The number of allylic oxidation sites excluding steroid dienone is 2. The predicted octanol–water partition coefficient (Wildman–Crippen LogP) is 3.91. The summed E-state index contributed by atoms with van der Waals surface area (Å²) >= 11 is 5.80. The molecule has 2 aromatic rings. The molecule has 196 valence electrons. The van der Waals surface area contributed by atoms with Crippen molar-refractivity contribution in [3.05, 3.63) is 82.4 Å². The molecule has 1 saturated heterocycles. The van der Waals surface area contributed by atoms with Gasteiger partial charge in [-0.3, -0.25) is 4.79 Å². The minimum Gasteiger partial charge on any atom is -0.343 e. The van der Waals surface area contributed by atoms with Gasteiger partial charge in [0.05, 0.1) is 10.6 Å². The molecular weight excluding hydrogens is 671 g/mol. The SMILES string of the molecule is NN1C(Nc2ccc(S(=O)(=O)NCCCN3CCCC3=O)cc2)=CC(c2ccccc2)=N/C1=C(\Br)CI. The molecule has 1 amide bonds. The van der Waals surface area contributed by atoms with Gasteiger partial charge >= 0.3 is 0 Å². The summed E-state index contributed by atoms with van der Waals surface area (Å²) in [6, 6.07) is 16.3. The first kappa shape index (κ1) is 27.8. The van der Waals surface area contributed by atoms with Crippen LogP contribution in [0, 0.1) is 0 Å². The number of amides is 1. The zero-order valence-electron chi connectivity index (χ0n) is 20.0. The normalized spacial score (nSPS) is 17.5. The van der Waals surface area contributed by atoms with Gasteiger partial charge in [-0.15, -0.1) is 0 Å². The number of rotatable bonds is 10. The smallest absolute Gasteiger partial charge is 0.240 e. The number of alkyl halides is 1. The van der Waals surface area contributed by atoms with Gasteiger partial charge in [-0.1, -0.05) is 68.9 Å². The monoisotopic (exact) mass is 698 g/mol. The third-order valence-electron chi connectivity index (χ3n) is 5.92. The van der Waals surface area contributed by atoms with Crippen LogP contribution in [0.15, 0.2) is 86.7 Å². The first-order valence-corrected chi connectivity index (χ1v) is 15.6. The number of sulfonamides is 1. The zero-order valence-corrected chi connectivity index (χ0v) is 24.6. The van der Waals surface area contributed by atoms with Gasteiger partial charge in [-0.05, 0) is 37.1 Å². The molecular formula is C25H28BrIN6O3S. The standard InChI is InChI=1S/C25H28BrIN6O3S/c26-21(17-27)25-31-22(18-6-2-1-3-7-18)16-23(33(25)28)30-19-9-11-20(12-10-19)37(35,36)29-13-5-15-32-14-4-8-24(32)34/h1-3,6-7,9-12,16,29-30H,4-5,8,13-15,17,28H2/b25-21+. The summed E-state index contributed by atoms with van der Waals surface area (Å²) in [5.74, 6) is 7.70. The lowest BCUT2D eigenvalue weighted by molar-refractivity contribution is -0.127. The van der Waals surface area contributed by atoms with Crippen LogP contribution in [-0.2, 0) is 14.8 Å². The molecule has 0 spiro atoms. The molecule has 0 aromatic heterocycles. The van der Waals surface area contributed by atoms with E-state index in [4.69, 9.17) is 10.8 Å². The Hall–Kier alpha value is -2.26. The number of carbonyl (C=O) groups is 1. The van der Waals surface area contributed by atoms with Crippen LogP contribution in [0.4, 0.5) is 5.69 Å². The molecule has 2 aliphatic rings. The summed E-state index contributed by atoms with van der Waals surface area (Å²) in [5, 5.41) is 4.74. The van der Waals surface area contributed by atoms with E-state index in [0.717, 1.165) is 28.7 Å². The minimum atomic E-state index is -3.66. The molecule has 1 fully saturated rings. The van der Waals surface area contributed by atoms with Gasteiger partial charge in [0.2, 0.25) is 15.9 Å². The molecule has 37 heavy (non-hydrogen) atoms. The Balaban J connectivity index is 1.44. The first-order valence-electron chi connectivity index (χ1n) is 11.8. The Morgan fingerprint density at radius 3 is 2.51 bits per heavy atom. The van der Waals surface area contributed by atoms with Crippen LogP contribution < -0.4 is 15.9 Å². The minimum absolute atomic E-state index is 0.140. The van der Waals surface area contributed by atoms with Gasteiger partial charge in [-0.25, -0.2) is 29.0 Å². The third-order valence-corrected chi connectivity index (χ3v) is 9.85. The highest BCUT2D eigenvalue weighted by atomic mass is 127. The van der Waals surface area contributed by atoms with Gasteiger partial charge in [0.15, 0.2) is 5.82 Å². The molecule has 4 N–H and O–H groups in total. The van der Waals surface area contributed by atoms with E-state index < -0.39 is 10.0 Å². The molecule has 2 aromatic carbocycles. The first-order chi connectivity index (χ1) is 17.8. The molecule has 0 atom stereocenters. The number of nitrogens with one attached hydrogen (secondary N) is 2. The number of likely N-dealkylation sites (tertiary alicyclic amines) is 1. The van der Waals surface area contributed by atoms with Crippen LogP contribution >= 0.6 is 38.5 Å². The number of hydrazine groups is 1. The number of halogens is 2. The lowest BCUT2D eigenvalue weighted by atomic mass is 10.1. The van der Waals surface area contributed by atoms with Crippen LogP contribution in [0.3, 0.4) is 0 Å². The lowest BCUT2D eigenvalue weighted by Crippen LogP contribution is -2.36. The van der Waals surface area contributed by atoms with E-state index in [2.05, 4.69) is 48.6 Å². The number of carbonyl (C=O) groups excluding carboxylic acids is 1. The maximum absolute atomic E-state index is 12.7. The second-order valence-corrected chi connectivity index (χ2v) is 12.0. The fraction of sp³-hybridized carbons (Fsp3) is 0.280. The van der Waals surface area contributed by atoms with Crippen molar-refractivity contribution in [3.63, 3.8) is 0 Å². The molecule has 0 saturated carbocycles. The number of benzene rings is 2. The molecule has 0 radical (unpaired) electrons. The quantitative estimate of drug-likeness (QED) is 0.150. The summed E-state index contributed by atoms with van der Waals surface area (Å²) in [6.45, 7) is 1.58. The van der Waals surface area contributed by atoms with Crippen LogP contribution in [0.2, 0.25) is 0 Å². The van der Waals surface area contributed by atoms with Crippen LogP contribution in [0.25, 0.3) is 0 Å². The number of nitrogens with two attached hydrogens (primary N) is 1. The predicted molar refractivity (Wildman–Crippen MR) is 158 cm³/mol. The third kappa shape index (κ3) is 6.99. The Morgan fingerprint density at radius 1 is 1.14 bits per heavy atom. The van der Waals surface area contributed by atoms with Crippen molar-refractivity contribution < 1.29 is 13.2 Å². The van der Waals surface area contributed by atoms with Gasteiger partial charge < -0.3 is 10.2 Å². The molecule has 0 unspecified atom stereocenters. The average molecular weight is 699 g/mol. The van der Waals surface area contributed by atoms with E-state index in [1.54, 1.807) is 29.2 Å². The van der Waals surface area contributed by atoms with E-state index in [-0.39, 0.29) is 17.3 Å². The maximum Gasteiger partial charge on any atom is 0.240 e. The number of hydrogen-bond donors (Lipinski definition) is 3. The summed E-state index contributed by atoms with van der Waals surface area (Å²) in [7, 11) is -3.66. The van der Waals surface area contributed by atoms with Crippen molar-refractivity contribution >= 4 is 65.9 Å². The van der Waals surface area contributed by atoms with Crippen molar-refractivity contribution in [3.8, 4) is 0 Å². The second kappa shape index (κ2) is 12.5.